The van der Waals surface area contributed by atoms with Gasteiger partial charge in [-0.3, -0.25) is 24.5 Å². The van der Waals surface area contributed by atoms with Gasteiger partial charge in [0, 0.05) is 31.0 Å². The molecule has 0 spiro atoms. The number of nitrogens with zero attached hydrogens (tertiary/aromatic N) is 1. The Bertz CT molecular complexity index is 602. The van der Waals surface area contributed by atoms with Crippen molar-refractivity contribution in [2.24, 2.45) is 0 Å². The number of hydrogen-bond donors (Lipinski definition) is 1. The van der Waals surface area contributed by atoms with Crippen molar-refractivity contribution in [2.75, 3.05) is 0 Å². The standard InChI is InChI=1S/C14H14N2O6/c17-12(5-10-6-13(18)15-10)7-14(19)22-8-9-1-3-11(4-2-9)16(20)21/h1-4,10H,5-8H2,(H,15,18). The summed E-state index contributed by atoms with van der Waals surface area (Å²) in [5, 5.41) is 13.0. The van der Waals surface area contributed by atoms with E-state index in [1.54, 1.807) is 0 Å². The van der Waals surface area contributed by atoms with Gasteiger partial charge in [-0.25, -0.2) is 0 Å². The first kappa shape index (κ1) is 15.6. The van der Waals surface area contributed by atoms with Crippen LogP contribution in [0.25, 0.3) is 0 Å². The van der Waals surface area contributed by atoms with Crippen LogP contribution in [-0.2, 0) is 25.7 Å². The molecule has 1 saturated heterocycles. The number of Topliss-reactive ketones (excluding diaryl/α,β-unsaturated/α-hetero) is 1. The molecular weight excluding hydrogens is 292 g/mol. The first-order chi connectivity index (χ1) is 10.4. The molecule has 116 valence electrons. The van der Waals surface area contributed by atoms with Gasteiger partial charge in [0.25, 0.3) is 5.69 Å². The van der Waals surface area contributed by atoms with Crippen LogP contribution >= 0.6 is 0 Å². The summed E-state index contributed by atoms with van der Waals surface area (Å²) in [6.07, 6.45) is 0.0846. The molecule has 1 atom stereocenters. The number of carbonyl (C=O) groups is 3. The molecule has 0 radical (unpaired) electrons. The fourth-order valence-corrected chi connectivity index (χ4v) is 1.99. The third kappa shape index (κ3) is 4.37. The number of ether oxygens (including phenoxy) is 1. The minimum absolute atomic E-state index is 0.0483. The zero-order valence-electron chi connectivity index (χ0n) is 11.6. The zero-order chi connectivity index (χ0) is 16.1. The number of nitrogens with one attached hydrogen (secondary N) is 1. The third-order valence-electron chi connectivity index (χ3n) is 3.16. The van der Waals surface area contributed by atoms with E-state index in [1.165, 1.54) is 24.3 Å². The number of nitro groups is 1. The van der Waals surface area contributed by atoms with Crippen LogP contribution in [0.1, 0.15) is 24.8 Å². The van der Waals surface area contributed by atoms with Crippen molar-refractivity contribution in [3.05, 3.63) is 39.9 Å². The molecule has 2 rings (SSSR count). The van der Waals surface area contributed by atoms with Gasteiger partial charge in [0.15, 0.2) is 0 Å². The van der Waals surface area contributed by atoms with E-state index in [1.807, 2.05) is 0 Å². The third-order valence-corrected chi connectivity index (χ3v) is 3.16. The van der Waals surface area contributed by atoms with Crippen LogP contribution in [0.5, 0.6) is 0 Å². The van der Waals surface area contributed by atoms with E-state index < -0.39 is 10.9 Å². The molecule has 1 aromatic rings. The van der Waals surface area contributed by atoms with Crippen LogP contribution in [0.2, 0.25) is 0 Å². The van der Waals surface area contributed by atoms with Crippen molar-refractivity contribution < 1.29 is 24.0 Å². The van der Waals surface area contributed by atoms with Crippen molar-refractivity contribution >= 4 is 23.3 Å². The maximum absolute atomic E-state index is 11.6. The summed E-state index contributed by atoms with van der Waals surface area (Å²) in [5.74, 6) is -1.05. The van der Waals surface area contributed by atoms with E-state index in [-0.39, 0.29) is 42.9 Å². The summed E-state index contributed by atoms with van der Waals surface area (Å²) in [5.41, 5.74) is 0.547. The van der Waals surface area contributed by atoms with Gasteiger partial charge in [0.2, 0.25) is 5.91 Å². The van der Waals surface area contributed by atoms with Crippen LogP contribution in [0.4, 0.5) is 5.69 Å². The molecule has 1 aliphatic heterocycles. The predicted octanol–water partition coefficient (Wildman–Crippen LogP) is 0.876. The molecule has 22 heavy (non-hydrogen) atoms. The topological polar surface area (TPSA) is 116 Å². The Labute approximate surface area is 125 Å². The van der Waals surface area contributed by atoms with E-state index in [4.69, 9.17) is 4.74 Å². The summed E-state index contributed by atoms with van der Waals surface area (Å²) < 4.78 is 4.94. The van der Waals surface area contributed by atoms with Gasteiger partial charge in [-0.05, 0) is 17.7 Å². The number of hydrogen-bond acceptors (Lipinski definition) is 6. The number of carbonyl (C=O) groups excluding carboxylic acids is 3. The lowest BCUT2D eigenvalue weighted by Crippen LogP contribution is -2.49. The van der Waals surface area contributed by atoms with Crippen LogP contribution < -0.4 is 5.32 Å². The van der Waals surface area contributed by atoms with Crippen LogP contribution in [0, 0.1) is 10.1 Å². The van der Waals surface area contributed by atoms with E-state index in [0.29, 0.717) is 12.0 Å². The number of esters is 1. The maximum Gasteiger partial charge on any atom is 0.313 e. The number of rotatable bonds is 7. The Morgan fingerprint density at radius 3 is 2.50 bits per heavy atom. The fourth-order valence-electron chi connectivity index (χ4n) is 1.99. The highest BCUT2D eigenvalue weighted by Gasteiger charge is 2.27. The molecule has 8 nitrogen and oxygen atoms in total. The van der Waals surface area contributed by atoms with Crippen molar-refractivity contribution in [3.63, 3.8) is 0 Å². The number of ketones is 1. The lowest BCUT2D eigenvalue weighted by molar-refractivity contribution is -0.384. The van der Waals surface area contributed by atoms with Crippen LogP contribution in [0.15, 0.2) is 24.3 Å². The number of β-lactam (4-membered cyclic amide) rings is 1. The molecule has 0 saturated carbocycles. The minimum atomic E-state index is -0.658. The van der Waals surface area contributed by atoms with Crippen LogP contribution in [-0.4, -0.2) is 28.6 Å². The fraction of sp³-hybridized carbons (Fsp3) is 0.357. The molecule has 1 amide bonds. The first-order valence-electron chi connectivity index (χ1n) is 6.64. The summed E-state index contributed by atoms with van der Waals surface area (Å²) in [4.78, 5) is 43.7. The molecule has 0 bridgehead atoms. The number of benzene rings is 1. The molecule has 1 aromatic carbocycles. The molecule has 1 fully saturated rings. The van der Waals surface area contributed by atoms with Gasteiger partial charge in [0.05, 0.1) is 4.92 Å². The molecule has 1 heterocycles. The molecule has 8 heteroatoms. The van der Waals surface area contributed by atoms with Crippen molar-refractivity contribution in [3.8, 4) is 0 Å². The lowest BCUT2D eigenvalue weighted by Gasteiger charge is -2.25. The van der Waals surface area contributed by atoms with E-state index in [9.17, 15) is 24.5 Å². The van der Waals surface area contributed by atoms with Crippen LogP contribution in [0.3, 0.4) is 0 Å². The minimum Gasteiger partial charge on any atom is -0.460 e. The van der Waals surface area contributed by atoms with Gasteiger partial charge in [-0.1, -0.05) is 0 Å². The normalized spacial score (nSPS) is 16.4. The molecule has 0 aromatic heterocycles. The molecule has 0 aliphatic carbocycles. The SMILES string of the molecule is O=C(CC(=O)OCc1ccc([N+](=O)[O-])cc1)CC1CC(=O)N1. The monoisotopic (exact) mass is 306 g/mol. The largest absolute Gasteiger partial charge is 0.460 e. The Balaban J connectivity index is 1.71. The van der Waals surface area contributed by atoms with Crippen molar-refractivity contribution in [1.82, 2.24) is 5.32 Å². The summed E-state index contributed by atoms with van der Waals surface area (Å²) >= 11 is 0. The molecule has 1 N–H and O–H groups in total. The molecule has 1 unspecified atom stereocenters. The zero-order valence-corrected chi connectivity index (χ0v) is 11.6. The smallest absolute Gasteiger partial charge is 0.313 e. The van der Waals surface area contributed by atoms with Gasteiger partial charge < -0.3 is 10.1 Å². The number of amides is 1. The first-order valence-corrected chi connectivity index (χ1v) is 6.64. The average Bonchev–Trinajstić information content (AvgIpc) is 2.44. The number of nitro benzene ring substituents is 1. The Morgan fingerprint density at radius 1 is 1.32 bits per heavy atom. The van der Waals surface area contributed by atoms with E-state index in [0.717, 1.165) is 0 Å². The number of non-ortho nitro benzene ring substituents is 1. The maximum atomic E-state index is 11.6. The highest BCUT2D eigenvalue weighted by molar-refractivity contribution is 5.97. The van der Waals surface area contributed by atoms with Gasteiger partial charge in [-0.2, -0.15) is 0 Å². The Hall–Kier alpha value is -2.77. The lowest BCUT2D eigenvalue weighted by atomic mass is 9.99. The highest BCUT2D eigenvalue weighted by Crippen LogP contribution is 2.13. The second-order valence-corrected chi connectivity index (χ2v) is 4.97. The Kier molecular flexibility index (Phi) is 4.82. The van der Waals surface area contributed by atoms with Crippen molar-refractivity contribution in [1.29, 1.82) is 0 Å². The quantitative estimate of drug-likeness (QED) is 0.263. The predicted molar refractivity (Wildman–Crippen MR) is 73.7 cm³/mol. The van der Waals surface area contributed by atoms with Crippen molar-refractivity contribution in [2.45, 2.75) is 31.9 Å². The molecular formula is C14H14N2O6. The summed E-state index contributed by atoms with van der Waals surface area (Å²) in [6, 6.07) is 5.41. The van der Waals surface area contributed by atoms with Gasteiger partial charge in [0.1, 0.15) is 18.8 Å². The molecule has 1 aliphatic rings. The van der Waals surface area contributed by atoms with E-state index in [2.05, 4.69) is 5.32 Å². The van der Waals surface area contributed by atoms with Gasteiger partial charge in [-0.15, -0.1) is 0 Å². The van der Waals surface area contributed by atoms with E-state index >= 15 is 0 Å². The summed E-state index contributed by atoms with van der Waals surface area (Å²) in [7, 11) is 0. The average molecular weight is 306 g/mol. The Morgan fingerprint density at radius 2 is 1.95 bits per heavy atom. The summed E-state index contributed by atoms with van der Waals surface area (Å²) in [6.45, 7) is -0.0513. The second-order valence-electron chi connectivity index (χ2n) is 4.97. The highest BCUT2D eigenvalue weighted by atomic mass is 16.6. The van der Waals surface area contributed by atoms with Gasteiger partial charge >= 0.3 is 5.97 Å². The second kappa shape index (κ2) is 6.79.